The summed E-state index contributed by atoms with van der Waals surface area (Å²) in [5.41, 5.74) is 2.07. The van der Waals surface area contributed by atoms with Crippen LogP contribution in [0.3, 0.4) is 0 Å². The van der Waals surface area contributed by atoms with Crippen molar-refractivity contribution in [3.05, 3.63) is 65.7 Å². The molecule has 2 aliphatic heterocycles. The molecule has 1 aromatic heterocycles. The number of rotatable bonds is 5. The molecule has 2 aromatic rings. The SMILES string of the molecule is Fc1cccc(CN2C[C@H](OCc3cccnc3)[C@H]3OCCC[C@H]32)c1.O=C(O)C(F)(F)F.O=C(O)C(F)(F)F. The lowest BCUT2D eigenvalue weighted by Crippen LogP contribution is -2.41. The van der Waals surface area contributed by atoms with Crippen LogP contribution >= 0.6 is 0 Å². The molecular weight excluding hydrogens is 545 g/mol. The molecule has 2 fully saturated rings. The van der Waals surface area contributed by atoms with Crippen LogP contribution < -0.4 is 0 Å². The zero-order valence-corrected chi connectivity index (χ0v) is 20.2. The maximum Gasteiger partial charge on any atom is 0.490 e. The standard InChI is InChI=1S/C20H23FN2O2.2C2HF3O2/c21-17-6-1-4-15(10-17)12-23-13-19(20-18(23)7-3-9-24-20)25-14-16-5-2-8-22-11-16;2*3-2(4,5)1(6)7/h1-2,4-6,8,10-11,18-20H,3,7,9,12-14H2;2*(H,6,7)/t18-,19+,20+;;/m1../s1. The summed E-state index contributed by atoms with van der Waals surface area (Å²) in [4.78, 5) is 24.3. The number of aromatic nitrogens is 1. The van der Waals surface area contributed by atoms with E-state index in [9.17, 15) is 30.7 Å². The Hall–Kier alpha value is -3.30. The molecule has 0 saturated carbocycles. The van der Waals surface area contributed by atoms with E-state index in [1.54, 1.807) is 18.3 Å². The van der Waals surface area contributed by atoms with E-state index < -0.39 is 24.3 Å². The van der Waals surface area contributed by atoms with Gasteiger partial charge in [-0.25, -0.2) is 14.0 Å². The quantitative estimate of drug-likeness (QED) is 0.509. The van der Waals surface area contributed by atoms with Crippen LogP contribution in [0.15, 0.2) is 48.8 Å². The van der Waals surface area contributed by atoms with E-state index in [2.05, 4.69) is 9.88 Å². The van der Waals surface area contributed by atoms with E-state index in [4.69, 9.17) is 29.3 Å². The van der Waals surface area contributed by atoms with E-state index in [-0.39, 0.29) is 18.0 Å². The molecule has 3 atom stereocenters. The van der Waals surface area contributed by atoms with Gasteiger partial charge < -0.3 is 19.7 Å². The first-order chi connectivity index (χ1) is 18.2. The molecule has 0 spiro atoms. The summed E-state index contributed by atoms with van der Waals surface area (Å²) in [6.07, 6.45) is -4.26. The number of halogens is 7. The van der Waals surface area contributed by atoms with Gasteiger partial charge in [0.25, 0.3) is 0 Å². The number of benzene rings is 1. The number of nitrogens with zero attached hydrogens (tertiary/aromatic N) is 2. The van der Waals surface area contributed by atoms with Crippen LogP contribution in [-0.4, -0.2) is 75.8 Å². The van der Waals surface area contributed by atoms with Gasteiger partial charge in [-0.15, -0.1) is 0 Å². The second-order valence-electron chi connectivity index (χ2n) is 8.42. The second-order valence-corrected chi connectivity index (χ2v) is 8.42. The third kappa shape index (κ3) is 10.8. The van der Waals surface area contributed by atoms with Crippen molar-refractivity contribution in [2.45, 2.75) is 56.6 Å². The fourth-order valence-corrected chi connectivity index (χ4v) is 3.89. The highest BCUT2D eigenvalue weighted by molar-refractivity contribution is 5.73. The van der Waals surface area contributed by atoms with Crippen molar-refractivity contribution in [3.8, 4) is 0 Å². The number of hydrogen-bond donors (Lipinski definition) is 2. The zero-order valence-electron chi connectivity index (χ0n) is 20.2. The number of carbonyl (C=O) groups is 2. The Morgan fingerprint density at radius 1 is 1.03 bits per heavy atom. The summed E-state index contributed by atoms with van der Waals surface area (Å²) in [5.74, 6) is -5.70. The van der Waals surface area contributed by atoms with Gasteiger partial charge in [0, 0.05) is 38.1 Å². The average Bonchev–Trinajstić information content (AvgIpc) is 3.20. The van der Waals surface area contributed by atoms with Gasteiger partial charge in [0.2, 0.25) is 0 Å². The number of alkyl halides is 6. The van der Waals surface area contributed by atoms with Gasteiger partial charge in [-0.2, -0.15) is 26.3 Å². The molecule has 0 amide bonds. The van der Waals surface area contributed by atoms with Gasteiger partial charge in [0.15, 0.2) is 0 Å². The maximum absolute atomic E-state index is 13.5. The highest BCUT2D eigenvalue weighted by Gasteiger charge is 2.44. The zero-order chi connectivity index (χ0) is 29.2. The van der Waals surface area contributed by atoms with Crippen LogP contribution in [0.4, 0.5) is 30.7 Å². The first kappa shape index (κ1) is 31.9. The van der Waals surface area contributed by atoms with Crippen LogP contribution in [0.1, 0.15) is 24.0 Å². The number of aliphatic carboxylic acids is 2. The number of hydrogen-bond acceptors (Lipinski definition) is 6. The van der Waals surface area contributed by atoms with Crippen LogP contribution in [0, 0.1) is 5.82 Å². The molecule has 0 bridgehead atoms. The number of carboxylic acid groups (broad SMARTS) is 2. The van der Waals surface area contributed by atoms with Crippen LogP contribution in [-0.2, 0) is 32.2 Å². The van der Waals surface area contributed by atoms with E-state index in [0.29, 0.717) is 12.6 Å². The molecule has 39 heavy (non-hydrogen) atoms. The molecule has 0 radical (unpaired) electrons. The minimum absolute atomic E-state index is 0.0408. The molecule has 15 heteroatoms. The number of fused-ring (bicyclic) bond motifs is 1. The first-order valence-corrected chi connectivity index (χ1v) is 11.4. The monoisotopic (exact) mass is 570 g/mol. The molecule has 2 aliphatic rings. The Kier molecular flexibility index (Phi) is 11.6. The van der Waals surface area contributed by atoms with Crippen molar-refractivity contribution in [3.63, 3.8) is 0 Å². The summed E-state index contributed by atoms with van der Waals surface area (Å²) >= 11 is 0. The molecule has 216 valence electrons. The van der Waals surface area contributed by atoms with Gasteiger partial charge in [-0.3, -0.25) is 9.88 Å². The first-order valence-electron chi connectivity index (χ1n) is 11.4. The van der Waals surface area contributed by atoms with Gasteiger partial charge in [0.05, 0.1) is 12.7 Å². The van der Waals surface area contributed by atoms with Crippen LogP contribution in [0.5, 0.6) is 0 Å². The van der Waals surface area contributed by atoms with Crippen molar-refractivity contribution in [2.75, 3.05) is 13.2 Å². The molecule has 2 N–H and O–H groups in total. The van der Waals surface area contributed by atoms with E-state index in [1.165, 1.54) is 6.07 Å². The number of carboxylic acids is 2. The van der Waals surface area contributed by atoms with Crippen molar-refractivity contribution < 1.29 is 60.0 Å². The molecule has 3 heterocycles. The average molecular weight is 570 g/mol. The minimum Gasteiger partial charge on any atom is -0.475 e. The largest absolute Gasteiger partial charge is 0.490 e. The Morgan fingerprint density at radius 2 is 1.64 bits per heavy atom. The Balaban J connectivity index is 0.000000317. The van der Waals surface area contributed by atoms with Gasteiger partial charge in [-0.1, -0.05) is 18.2 Å². The highest BCUT2D eigenvalue weighted by atomic mass is 19.4. The fourth-order valence-electron chi connectivity index (χ4n) is 3.89. The molecular formula is C24H25F7N2O6. The molecule has 2 saturated heterocycles. The van der Waals surface area contributed by atoms with Crippen LogP contribution in [0.25, 0.3) is 0 Å². The maximum atomic E-state index is 13.5. The molecule has 8 nitrogen and oxygen atoms in total. The van der Waals surface area contributed by atoms with Crippen molar-refractivity contribution in [2.24, 2.45) is 0 Å². The van der Waals surface area contributed by atoms with E-state index >= 15 is 0 Å². The summed E-state index contributed by atoms with van der Waals surface area (Å²) in [6.45, 7) is 2.88. The Bertz CT molecular complexity index is 1040. The minimum atomic E-state index is -5.08. The van der Waals surface area contributed by atoms with Crippen molar-refractivity contribution in [1.82, 2.24) is 9.88 Å². The molecule has 0 unspecified atom stereocenters. The normalized spacial score (nSPS) is 21.1. The molecule has 4 rings (SSSR count). The van der Waals surface area contributed by atoms with Gasteiger partial charge in [-0.05, 0) is 42.2 Å². The van der Waals surface area contributed by atoms with Gasteiger partial charge in [0.1, 0.15) is 11.9 Å². The number of pyridine rings is 1. The molecule has 1 aromatic carbocycles. The smallest absolute Gasteiger partial charge is 0.475 e. The van der Waals surface area contributed by atoms with Gasteiger partial charge >= 0.3 is 24.3 Å². The lowest BCUT2D eigenvalue weighted by atomic mass is 10.0. The Labute approximate surface area is 218 Å². The van der Waals surface area contributed by atoms with Crippen LogP contribution in [0.2, 0.25) is 0 Å². The predicted octanol–water partition coefficient (Wildman–Crippen LogP) is 4.44. The summed E-state index contributed by atoms with van der Waals surface area (Å²) in [6, 6.07) is 11.1. The Morgan fingerprint density at radius 3 is 2.18 bits per heavy atom. The third-order valence-electron chi connectivity index (χ3n) is 5.53. The lowest BCUT2D eigenvalue weighted by molar-refractivity contribution is -0.193. The summed E-state index contributed by atoms with van der Waals surface area (Å²) in [5, 5.41) is 14.2. The molecule has 0 aliphatic carbocycles. The summed E-state index contributed by atoms with van der Waals surface area (Å²) in [7, 11) is 0. The van der Waals surface area contributed by atoms with Crippen molar-refractivity contribution >= 4 is 11.9 Å². The number of likely N-dealkylation sites (tertiary alicyclic amines) is 1. The lowest BCUT2D eigenvalue weighted by Gasteiger charge is -2.32. The summed E-state index contributed by atoms with van der Waals surface area (Å²) < 4.78 is 89.2. The van der Waals surface area contributed by atoms with E-state index in [1.807, 2.05) is 24.4 Å². The predicted molar refractivity (Wildman–Crippen MR) is 120 cm³/mol. The fraction of sp³-hybridized carbons (Fsp3) is 0.458. The van der Waals surface area contributed by atoms with Crippen molar-refractivity contribution in [1.29, 1.82) is 0 Å². The van der Waals surface area contributed by atoms with E-state index in [0.717, 1.165) is 43.7 Å². The highest BCUT2D eigenvalue weighted by Crippen LogP contribution is 2.32. The third-order valence-corrected chi connectivity index (χ3v) is 5.53. The topological polar surface area (TPSA) is 109 Å². The second kappa shape index (κ2) is 14.2. The number of ether oxygens (including phenoxy) is 2.